The molecule has 1 aromatic rings. The van der Waals surface area contributed by atoms with Crippen molar-refractivity contribution in [2.24, 2.45) is 4.51 Å². The summed E-state index contributed by atoms with van der Waals surface area (Å²) in [4.78, 5) is 0. The summed E-state index contributed by atoms with van der Waals surface area (Å²) in [6.45, 7) is 5.87. The first-order chi connectivity index (χ1) is 8.19. The molecular formula is C13H14ClFN2. The third-order valence-corrected chi connectivity index (χ3v) is 2.34. The van der Waals surface area contributed by atoms with E-state index < -0.39 is 0 Å². The first kappa shape index (κ1) is 13.5. The van der Waals surface area contributed by atoms with Crippen molar-refractivity contribution in [2.45, 2.75) is 6.92 Å². The zero-order valence-electron chi connectivity index (χ0n) is 9.58. The quantitative estimate of drug-likeness (QED) is 0.624. The summed E-state index contributed by atoms with van der Waals surface area (Å²) in [5.41, 5.74) is 2.16. The maximum atomic E-state index is 13.5. The molecule has 1 rings (SSSR count). The highest BCUT2D eigenvalue weighted by molar-refractivity contribution is 6.18. The van der Waals surface area contributed by atoms with E-state index in [9.17, 15) is 4.39 Å². The highest BCUT2D eigenvalue weighted by atomic mass is 35.5. The Hall–Kier alpha value is -1.61. The van der Waals surface area contributed by atoms with Crippen molar-refractivity contribution in [3.63, 3.8) is 0 Å². The summed E-state index contributed by atoms with van der Waals surface area (Å²) in [5.74, 6) is -0.272. The number of anilines is 1. The van der Waals surface area contributed by atoms with Crippen LogP contribution in [0.4, 0.5) is 10.1 Å². The van der Waals surface area contributed by atoms with Crippen LogP contribution in [0.15, 0.2) is 47.0 Å². The lowest BCUT2D eigenvalue weighted by molar-refractivity contribution is 0.630. The van der Waals surface area contributed by atoms with E-state index in [0.717, 1.165) is 11.1 Å². The van der Waals surface area contributed by atoms with Gasteiger partial charge in [0, 0.05) is 24.5 Å². The summed E-state index contributed by atoms with van der Waals surface area (Å²) < 4.78 is 16.9. The zero-order chi connectivity index (χ0) is 12.7. The third kappa shape index (κ3) is 4.04. The molecule has 0 atom stereocenters. The molecule has 0 amide bonds. The topological polar surface area (TPSA) is 24.4 Å². The average Bonchev–Trinajstić information content (AvgIpc) is 2.29. The van der Waals surface area contributed by atoms with Crippen LogP contribution in [0.3, 0.4) is 0 Å². The zero-order valence-corrected chi connectivity index (χ0v) is 10.3. The number of allylic oxidation sites excluding steroid dienone is 2. The Morgan fingerprint density at radius 3 is 2.94 bits per heavy atom. The SMILES string of the molecule is C=C/C=C(\C=N/Cl)CNc1c(C)cccc1F. The van der Waals surface area contributed by atoms with Crippen molar-refractivity contribution >= 4 is 23.7 Å². The average molecular weight is 253 g/mol. The molecule has 0 saturated carbocycles. The Labute approximate surface area is 106 Å². The largest absolute Gasteiger partial charge is 0.378 e. The van der Waals surface area contributed by atoms with Crippen LogP contribution in [0.1, 0.15) is 5.56 Å². The predicted octanol–water partition coefficient (Wildman–Crippen LogP) is 3.88. The number of halogens is 2. The van der Waals surface area contributed by atoms with Crippen LogP contribution in [0, 0.1) is 12.7 Å². The molecule has 0 aliphatic carbocycles. The first-order valence-corrected chi connectivity index (χ1v) is 5.47. The van der Waals surface area contributed by atoms with Gasteiger partial charge in [-0.1, -0.05) is 30.9 Å². The molecule has 2 nitrogen and oxygen atoms in total. The van der Waals surface area contributed by atoms with Crippen molar-refractivity contribution < 1.29 is 4.39 Å². The number of nitrogens with zero attached hydrogens (tertiary/aromatic N) is 1. The van der Waals surface area contributed by atoms with E-state index in [1.807, 2.05) is 13.0 Å². The second kappa shape index (κ2) is 6.86. The van der Waals surface area contributed by atoms with Gasteiger partial charge in [0.15, 0.2) is 0 Å². The lowest BCUT2D eigenvalue weighted by Crippen LogP contribution is -2.08. The fourth-order valence-corrected chi connectivity index (χ4v) is 1.53. The molecule has 0 bridgehead atoms. The molecule has 0 heterocycles. The van der Waals surface area contributed by atoms with Gasteiger partial charge in [-0.15, -0.1) is 0 Å². The summed E-state index contributed by atoms with van der Waals surface area (Å²) in [5, 5.41) is 3.01. The molecule has 0 spiro atoms. The Kier molecular flexibility index (Phi) is 5.43. The van der Waals surface area contributed by atoms with E-state index in [2.05, 4.69) is 16.4 Å². The number of aryl methyl sites for hydroxylation is 1. The van der Waals surface area contributed by atoms with Gasteiger partial charge in [-0.2, -0.15) is 4.51 Å². The third-order valence-electron chi connectivity index (χ3n) is 2.24. The van der Waals surface area contributed by atoms with E-state index in [1.165, 1.54) is 12.3 Å². The molecule has 17 heavy (non-hydrogen) atoms. The normalized spacial score (nSPS) is 11.8. The monoisotopic (exact) mass is 252 g/mol. The molecule has 0 radical (unpaired) electrons. The highest BCUT2D eigenvalue weighted by Crippen LogP contribution is 2.18. The van der Waals surface area contributed by atoms with Gasteiger partial charge in [0.1, 0.15) is 5.82 Å². The Morgan fingerprint density at radius 1 is 1.59 bits per heavy atom. The molecule has 4 heteroatoms. The predicted molar refractivity (Wildman–Crippen MR) is 72.3 cm³/mol. The minimum atomic E-state index is -0.272. The maximum Gasteiger partial charge on any atom is 0.146 e. The fraction of sp³-hybridized carbons (Fsp3) is 0.154. The maximum absolute atomic E-state index is 13.5. The van der Waals surface area contributed by atoms with E-state index in [-0.39, 0.29) is 5.82 Å². The van der Waals surface area contributed by atoms with Crippen LogP contribution in [-0.2, 0) is 0 Å². The van der Waals surface area contributed by atoms with Crippen molar-refractivity contribution in [1.82, 2.24) is 0 Å². The second-order valence-electron chi connectivity index (χ2n) is 3.49. The van der Waals surface area contributed by atoms with Crippen LogP contribution in [-0.4, -0.2) is 12.8 Å². The van der Waals surface area contributed by atoms with Gasteiger partial charge in [0.25, 0.3) is 0 Å². The number of nitrogens with one attached hydrogen (secondary N) is 1. The van der Waals surface area contributed by atoms with Crippen molar-refractivity contribution in [2.75, 3.05) is 11.9 Å². The van der Waals surface area contributed by atoms with Crippen molar-refractivity contribution in [3.05, 3.63) is 53.9 Å². The number of hydrogen-bond donors (Lipinski definition) is 1. The van der Waals surface area contributed by atoms with Crippen LogP contribution in [0.5, 0.6) is 0 Å². The lowest BCUT2D eigenvalue weighted by atomic mass is 10.2. The minimum Gasteiger partial charge on any atom is -0.378 e. The van der Waals surface area contributed by atoms with Gasteiger partial charge in [-0.05, 0) is 24.1 Å². The first-order valence-electron chi connectivity index (χ1n) is 5.14. The number of para-hydroxylation sites is 1. The molecule has 0 aliphatic heterocycles. The number of hydrogen-bond acceptors (Lipinski definition) is 2. The van der Waals surface area contributed by atoms with E-state index in [1.54, 1.807) is 18.2 Å². The molecule has 90 valence electrons. The number of rotatable bonds is 5. The van der Waals surface area contributed by atoms with Gasteiger partial charge in [-0.3, -0.25) is 0 Å². The molecule has 0 aliphatic rings. The fourth-order valence-electron chi connectivity index (χ4n) is 1.41. The van der Waals surface area contributed by atoms with Gasteiger partial charge in [-0.25, -0.2) is 4.39 Å². The Balaban J connectivity index is 2.79. The highest BCUT2D eigenvalue weighted by Gasteiger charge is 2.04. The molecule has 0 saturated heterocycles. The van der Waals surface area contributed by atoms with Crippen LogP contribution in [0.25, 0.3) is 0 Å². The van der Waals surface area contributed by atoms with Gasteiger partial charge >= 0.3 is 0 Å². The van der Waals surface area contributed by atoms with Gasteiger partial charge in [0.2, 0.25) is 0 Å². The van der Waals surface area contributed by atoms with Crippen molar-refractivity contribution in [3.8, 4) is 0 Å². The van der Waals surface area contributed by atoms with E-state index >= 15 is 0 Å². The summed E-state index contributed by atoms with van der Waals surface area (Å²) in [6.07, 6.45) is 4.88. The van der Waals surface area contributed by atoms with Gasteiger partial charge < -0.3 is 5.32 Å². The van der Waals surface area contributed by atoms with E-state index in [4.69, 9.17) is 11.8 Å². The molecule has 0 fully saturated rings. The molecule has 0 aromatic heterocycles. The molecule has 1 aromatic carbocycles. The lowest BCUT2D eigenvalue weighted by Gasteiger charge is -2.10. The van der Waals surface area contributed by atoms with E-state index in [0.29, 0.717) is 12.2 Å². The summed E-state index contributed by atoms with van der Waals surface area (Å²) in [6, 6.07) is 4.94. The van der Waals surface area contributed by atoms with Gasteiger partial charge in [0.05, 0.1) is 5.69 Å². The van der Waals surface area contributed by atoms with Crippen LogP contribution >= 0.6 is 11.8 Å². The molecule has 0 unspecified atom stereocenters. The molecule has 1 N–H and O–H groups in total. The standard InChI is InChI=1S/C13H14ClFN2/c1-3-5-11(9-17-14)8-16-13-10(2)6-4-7-12(13)15/h3-7,9,16H,1,8H2,2H3/b11-5-,17-9-. The smallest absolute Gasteiger partial charge is 0.146 e. The Morgan fingerprint density at radius 2 is 2.35 bits per heavy atom. The number of benzene rings is 1. The molecular weight excluding hydrogens is 239 g/mol. The van der Waals surface area contributed by atoms with Crippen molar-refractivity contribution in [1.29, 1.82) is 0 Å². The minimum absolute atomic E-state index is 0.272. The summed E-state index contributed by atoms with van der Waals surface area (Å²) >= 11 is 5.27. The second-order valence-corrected chi connectivity index (χ2v) is 3.68. The summed E-state index contributed by atoms with van der Waals surface area (Å²) in [7, 11) is 0. The van der Waals surface area contributed by atoms with Crippen LogP contribution in [0.2, 0.25) is 0 Å². The Bertz CT molecular complexity index is 432. The van der Waals surface area contributed by atoms with Crippen LogP contribution < -0.4 is 5.32 Å².